The molecule has 3 aromatic rings. The van der Waals surface area contributed by atoms with Crippen LogP contribution in [-0.2, 0) is 11.3 Å². The fraction of sp³-hybridized carbons (Fsp3) is 0.105. The molecule has 0 amide bonds. The van der Waals surface area contributed by atoms with Crippen molar-refractivity contribution >= 4 is 12.0 Å². The monoisotopic (exact) mass is 335 g/mol. The Morgan fingerprint density at radius 1 is 1.08 bits per heavy atom. The summed E-state index contributed by atoms with van der Waals surface area (Å²) in [6.45, 7) is 0.623. The van der Waals surface area contributed by atoms with Gasteiger partial charge in [-0.2, -0.15) is 0 Å². The number of hydrogen-bond acceptors (Lipinski definition) is 5. The van der Waals surface area contributed by atoms with Crippen molar-refractivity contribution < 1.29 is 14.3 Å². The zero-order valence-corrected chi connectivity index (χ0v) is 13.7. The van der Waals surface area contributed by atoms with Crippen LogP contribution >= 0.6 is 0 Å². The van der Waals surface area contributed by atoms with Crippen molar-refractivity contribution in [1.82, 2.24) is 15.0 Å². The van der Waals surface area contributed by atoms with Gasteiger partial charge in [-0.15, -0.1) is 5.10 Å². The first-order valence-corrected chi connectivity index (χ1v) is 7.71. The molecule has 25 heavy (non-hydrogen) atoms. The molecule has 0 aliphatic rings. The minimum Gasteiger partial charge on any atom is -0.497 e. The molecule has 0 aliphatic carbocycles. The van der Waals surface area contributed by atoms with Gasteiger partial charge in [0.15, 0.2) is 0 Å². The second kappa shape index (κ2) is 7.92. The molecule has 0 spiro atoms. The number of carbonyl (C=O) groups is 1. The first-order chi connectivity index (χ1) is 12.2. The number of rotatable bonds is 6. The number of nitrogens with zero attached hydrogens (tertiary/aromatic N) is 3. The van der Waals surface area contributed by atoms with E-state index in [0.29, 0.717) is 23.7 Å². The zero-order chi connectivity index (χ0) is 17.5. The van der Waals surface area contributed by atoms with Gasteiger partial charge in [-0.05, 0) is 35.9 Å². The van der Waals surface area contributed by atoms with Crippen LogP contribution < -0.4 is 9.47 Å². The van der Waals surface area contributed by atoms with Crippen LogP contribution in [0.1, 0.15) is 11.3 Å². The van der Waals surface area contributed by atoms with Crippen molar-refractivity contribution in [3.8, 4) is 11.5 Å². The summed E-state index contributed by atoms with van der Waals surface area (Å²) < 4.78 is 12.0. The second-order valence-corrected chi connectivity index (χ2v) is 5.26. The van der Waals surface area contributed by atoms with Gasteiger partial charge >= 0.3 is 5.97 Å². The van der Waals surface area contributed by atoms with Crippen LogP contribution in [0.3, 0.4) is 0 Å². The summed E-state index contributed by atoms with van der Waals surface area (Å²) in [4.78, 5) is 11.8. The molecule has 0 bridgehead atoms. The lowest BCUT2D eigenvalue weighted by atomic mass is 10.2. The summed E-state index contributed by atoms with van der Waals surface area (Å²) in [6.07, 6.45) is 4.66. The molecule has 0 saturated carbocycles. The van der Waals surface area contributed by atoms with Crippen molar-refractivity contribution in [3.05, 3.63) is 78.1 Å². The highest BCUT2D eigenvalue weighted by atomic mass is 16.5. The maximum atomic E-state index is 11.8. The van der Waals surface area contributed by atoms with E-state index in [0.717, 1.165) is 5.56 Å². The fourth-order valence-electron chi connectivity index (χ4n) is 2.18. The van der Waals surface area contributed by atoms with Crippen molar-refractivity contribution in [2.75, 3.05) is 7.11 Å². The van der Waals surface area contributed by atoms with E-state index in [-0.39, 0.29) is 0 Å². The lowest BCUT2D eigenvalue weighted by molar-refractivity contribution is -0.128. The normalized spacial score (nSPS) is 10.8. The maximum absolute atomic E-state index is 11.8. The molecule has 2 aromatic carbocycles. The molecular formula is C19H17N3O3. The van der Waals surface area contributed by atoms with E-state index in [1.165, 1.54) is 6.08 Å². The Morgan fingerprint density at radius 2 is 1.80 bits per heavy atom. The summed E-state index contributed by atoms with van der Waals surface area (Å²) in [6, 6.07) is 16.7. The highest BCUT2D eigenvalue weighted by Gasteiger charge is 2.03. The average molecular weight is 335 g/mol. The lowest BCUT2D eigenvalue weighted by Gasteiger charge is -2.02. The quantitative estimate of drug-likeness (QED) is 0.394. The topological polar surface area (TPSA) is 66.2 Å². The van der Waals surface area contributed by atoms with Crippen LogP contribution in [0.2, 0.25) is 0 Å². The van der Waals surface area contributed by atoms with Gasteiger partial charge in [0.1, 0.15) is 17.2 Å². The van der Waals surface area contributed by atoms with Crippen LogP contribution in [0.4, 0.5) is 0 Å². The van der Waals surface area contributed by atoms with Crippen LogP contribution in [0.15, 0.2) is 66.9 Å². The van der Waals surface area contributed by atoms with E-state index in [4.69, 9.17) is 9.47 Å². The molecule has 0 atom stereocenters. The molecule has 3 rings (SSSR count). The van der Waals surface area contributed by atoms with E-state index < -0.39 is 5.97 Å². The second-order valence-electron chi connectivity index (χ2n) is 5.26. The molecule has 0 unspecified atom stereocenters. The molecule has 126 valence electrons. The summed E-state index contributed by atoms with van der Waals surface area (Å²) in [5, 5.41) is 8.06. The third kappa shape index (κ3) is 4.78. The molecule has 1 heterocycles. The van der Waals surface area contributed by atoms with Gasteiger partial charge in [0.05, 0.1) is 19.9 Å². The molecule has 6 nitrogen and oxygen atoms in total. The van der Waals surface area contributed by atoms with Crippen LogP contribution in [0.25, 0.3) is 6.08 Å². The van der Waals surface area contributed by atoms with Gasteiger partial charge in [0.25, 0.3) is 0 Å². The first-order valence-electron chi connectivity index (χ1n) is 7.71. The van der Waals surface area contributed by atoms with Crippen molar-refractivity contribution in [1.29, 1.82) is 0 Å². The third-order valence-electron chi connectivity index (χ3n) is 3.41. The van der Waals surface area contributed by atoms with Crippen LogP contribution in [-0.4, -0.2) is 28.1 Å². The minimum absolute atomic E-state index is 0.447. The Balaban J connectivity index is 1.57. The summed E-state index contributed by atoms with van der Waals surface area (Å²) >= 11 is 0. The zero-order valence-electron chi connectivity index (χ0n) is 13.7. The Bertz CT molecular complexity index is 855. The van der Waals surface area contributed by atoms with Gasteiger partial charge in [-0.25, -0.2) is 9.48 Å². The number of methoxy groups -OCH3 is 1. The maximum Gasteiger partial charge on any atom is 0.336 e. The first kappa shape index (κ1) is 16.4. The minimum atomic E-state index is -0.484. The van der Waals surface area contributed by atoms with E-state index in [2.05, 4.69) is 10.3 Å². The van der Waals surface area contributed by atoms with Crippen LogP contribution in [0, 0.1) is 0 Å². The Morgan fingerprint density at radius 3 is 2.52 bits per heavy atom. The van der Waals surface area contributed by atoms with Gasteiger partial charge in [0.2, 0.25) is 0 Å². The number of benzene rings is 2. The predicted molar refractivity (Wildman–Crippen MR) is 93.2 cm³/mol. The Kier molecular flexibility index (Phi) is 5.21. The SMILES string of the molecule is COc1ccc(OC(=O)/C=C/c2cn(Cc3ccccc3)nn2)cc1. The molecule has 1 aromatic heterocycles. The third-order valence-corrected chi connectivity index (χ3v) is 3.41. The largest absolute Gasteiger partial charge is 0.497 e. The van der Waals surface area contributed by atoms with Crippen molar-refractivity contribution in [2.45, 2.75) is 6.54 Å². The molecular weight excluding hydrogens is 318 g/mol. The van der Waals surface area contributed by atoms with E-state index in [1.54, 1.807) is 48.3 Å². The van der Waals surface area contributed by atoms with Crippen LogP contribution in [0.5, 0.6) is 11.5 Å². The van der Waals surface area contributed by atoms with Crippen molar-refractivity contribution in [2.24, 2.45) is 0 Å². The van der Waals surface area contributed by atoms with Gasteiger partial charge in [0, 0.05) is 6.08 Å². The fourth-order valence-corrected chi connectivity index (χ4v) is 2.18. The number of carbonyl (C=O) groups excluding carboxylic acids is 1. The highest BCUT2D eigenvalue weighted by molar-refractivity contribution is 5.88. The molecule has 0 aliphatic heterocycles. The number of hydrogen-bond donors (Lipinski definition) is 0. The predicted octanol–water partition coefficient (Wildman–Crippen LogP) is 2.95. The summed E-state index contributed by atoms with van der Waals surface area (Å²) in [7, 11) is 1.58. The van der Waals surface area contributed by atoms with E-state index in [1.807, 2.05) is 30.3 Å². The molecule has 0 radical (unpaired) electrons. The van der Waals surface area contributed by atoms with E-state index >= 15 is 0 Å². The van der Waals surface area contributed by atoms with E-state index in [9.17, 15) is 4.79 Å². The molecule has 0 fully saturated rings. The average Bonchev–Trinajstić information content (AvgIpc) is 3.09. The van der Waals surface area contributed by atoms with Gasteiger partial charge in [-0.1, -0.05) is 35.5 Å². The number of esters is 1. The number of aromatic nitrogens is 3. The standard InChI is InChI=1S/C19H17N3O3/c1-24-17-8-10-18(11-9-17)25-19(23)12-7-16-14-22(21-20-16)13-15-5-3-2-4-6-15/h2-12,14H,13H2,1H3/b12-7+. The van der Waals surface area contributed by atoms with Gasteiger partial charge in [-0.3, -0.25) is 0 Å². The summed E-state index contributed by atoms with van der Waals surface area (Å²) in [5.41, 5.74) is 1.71. The van der Waals surface area contributed by atoms with Gasteiger partial charge < -0.3 is 9.47 Å². The van der Waals surface area contributed by atoms with Crippen molar-refractivity contribution in [3.63, 3.8) is 0 Å². The Labute approximate surface area is 145 Å². The molecule has 0 N–H and O–H groups in total. The Hall–Kier alpha value is -3.41. The highest BCUT2D eigenvalue weighted by Crippen LogP contribution is 2.17. The smallest absolute Gasteiger partial charge is 0.336 e. The summed E-state index contributed by atoms with van der Waals surface area (Å²) in [5.74, 6) is 0.663. The molecule has 6 heteroatoms. The lowest BCUT2D eigenvalue weighted by Crippen LogP contribution is -2.03. The number of ether oxygens (including phenoxy) is 2. The molecule has 0 saturated heterocycles.